The molecule has 4 heterocycles. The first-order chi connectivity index (χ1) is 16.5. The van der Waals surface area contributed by atoms with E-state index < -0.39 is 12.1 Å². The minimum atomic E-state index is -5.08. The van der Waals surface area contributed by atoms with Crippen LogP contribution >= 0.6 is 0 Å². The average Bonchev–Trinajstić information content (AvgIpc) is 3.42. The Morgan fingerprint density at radius 3 is 2.40 bits per heavy atom. The number of aliphatic carboxylic acids is 1. The van der Waals surface area contributed by atoms with Crippen LogP contribution in [0.4, 0.5) is 13.2 Å². The summed E-state index contributed by atoms with van der Waals surface area (Å²) in [6, 6.07) is 8.71. The number of fused-ring (bicyclic) bond motifs is 4. The summed E-state index contributed by atoms with van der Waals surface area (Å²) in [5.74, 6) is -1.77. The summed E-state index contributed by atoms with van der Waals surface area (Å²) in [5, 5.41) is 16.2. The van der Waals surface area contributed by atoms with Gasteiger partial charge in [0.25, 0.3) is 0 Å². The predicted molar refractivity (Wildman–Crippen MR) is 122 cm³/mol. The lowest BCUT2D eigenvalue weighted by atomic mass is 9.81. The highest BCUT2D eigenvalue weighted by Crippen LogP contribution is 2.50. The summed E-state index contributed by atoms with van der Waals surface area (Å²) in [6.45, 7) is 7.33. The molecule has 2 aliphatic rings. The van der Waals surface area contributed by atoms with Gasteiger partial charge in [0.2, 0.25) is 0 Å². The number of ether oxygens (including phenoxy) is 1. The standard InChI is InChI=1S/C22H27N5O.C2HF3O2/c1-16(2)27-21-18-6-4-5-7-20(18)28-22(19(21)13-24-27)8-10-26(11-9-22)15-17-12-23-25(3)14-17;3-2(4,5)1(6)7/h4-7,12-14,16H,8-11,15H2,1-3H3;(H,6,7). The number of carbonyl (C=O) groups is 1. The number of carboxylic acid groups (broad SMARTS) is 1. The molecule has 5 rings (SSSR count). The van der Waals surface area contributed by atoms with Crippen molar-refractivity contribution in [1.82, 2.24) is 24.5 Å². The highest BCUT2D eigenvalue weighted by Gasteiger charge is 2.45. The fourth-order valence-electron chi connectivity index (χ4n) is 4.63. The third-order valence-corrected chi connectivity index (χ3v) is 6.29. The number of halogens is 3. The number of para-hydroxylation sites is 1. The molecule has 1 spiro atoms. The molecule has 188 valence electrons. The topological polar surface area (TPSA) is 85.4 Å². The minimum Gasteiger partial charge on any atom is -0.482 e. The molecule has 1 N–H and O–H groups in total. The van der Waals surface area contributed by atoms with E-state index in [0.717, 1.165) is 43.8 Å². The van der Waals surface area contributed by atoms with E-state index >= 15 is 0 Å². The molecule has 0 bridgehead atoms. The molecule has 8 nitrogen and oxygen atoms in total. The maximum absolute atomic E-state index is 10.6. The van der Waals surface area contributed by atoms with Crippen LogP contribution < -0.4 is 4.74 Å². The summed E-state index contributed by atoms with van der Waals surface area (Å²) in [7, 11) is 1.97. The van der Waals surface area contributed by atoms with Gasteiger partial charge in [-0.15, -0.1) is 0 Å². The Labute approximate surface area is 200 Å². The molecule has 1 saturated heterocycles. The van der Waals surface area contributed by atoms with Crippen molar-refractivity contribution >= 4 is 5.97 Å². The number of alkyl halides is 3. The first-order valence-corrected chi connectivity index (χ1v) is 11.4. The first-order valence-electron chi connectivity index (χ1n) is 11.4. The van der Waals surface area contributed by atoms with Crippen molar-refractivity contribution in [2.75, 3.05) is 13.1 Å². The molecule has 0 aliphatic carbocycles. The smallest absolute Gasteiger partial charge is 0.482 e. The SMILES string of the molecule is CC(C)n1ncc2c1-c1ccccc1OC21CCN(Cc2cnn(C)c2)CC1.O=C(O)C(F)(F)F. The molecule has 3 aromatic rings. The quantitative estimate of drug-likeness (QED) is 0.585. The van der Waals surface area contributed by atoms with Crippen LogP contribution in [-0.4, -0.2) is 54.8 Å². The molecule has 0 amide bonds. The van der Waals surface area contributed by atoms with Crippen LogP contribution in [0.25, 0.3) is 11.3 Å². The van der Waals surface area contributed by atoms with Gasteiger partial charge >= 0.3 is 12.1 Å². The van der Waals surface area contributed by atoms with Crippen LogP contribution in [0.1, 0.15) is 43.9 Å². The lowest BCUT2D eigenvalue weighted by molar-refractivity contribution is -0.192. The van der Waals surface area contributed by atoms with E-state index in [2.05, 4.69) is 59.0 Å². The van der Waals surface area contributed by atoms with Crippen LogP contribution in [-0.2, 0) is 24.0 Å². The van der Waals surface area contributed by atoms with Crippen molar-refractivity contribution < 1.29 is 27.8 Å². The molecule has 11 heteroatoms. The van der Waals surface area contributed by atoms with Crippen LogP contribution in [0, 0.1) is 0 Å². The lowest BCUT2D eigenvalue weighted by Crippen LogP contribution is -2.47. The Balaban J connectivity index is 0.000000364. The molecule has 35 heavy (non-hydrogen) atoms. The van der Waals surface area contributed by atoms with Gasteiger partial charge in [-0.3, -0.25) is 14.3 Å². The number of benzene rings is 1. The number of nitrogens with zero attached hydrogens (tertiary/aromatic N) is 5. The zero-order valence-electron chi connectivity index (χ0n) is 19.8. The third kappa shape index (κ3) is 5.04. The van der Waals surface area contributed by atoms with Gasteiger partial charge in [0, 0.05) is 68.5 Å². The number of rotatable bonds is 3. The van der Waals surface area contributed by atoms with Gasteiger partial charge in [-0.1, -0.05) is 12.1 Å². The van der Waals surface area contributed by atoms with Crippen molar-refractivity contribution in [2.45, 2.75) is 51.1 Å². The van der Waals surface area contributed by atoms with Crippen molar-refractivity contribution in [3.63, 3.8) is 0 Å². The molecule has 0 saturated carbocycles. The van der Waals surface area contributed by atoms with E-state index in [-0.39, 0.29) is 5.60 Å². The summed E-state index contributed by atoms with van der Waals surface area (Å²) >= 11 is 0. The van der Waals surface area contributed by atoms with E-state index in [1.54, 1.807) is 0 Å². The number of hydrogen-bond donors (Lipinski definition) is 1. The summed E-state index contributed by atoms with van der Waals surface area (Å²) in [6.07, 6.45) is 2.96. The van der Waals surface area contributed by atoms with Gasteiger partial charge < -0.3 is 9.84 Å². The monoisotopic (exact) mass is 491 g/mol. The molecular formula is C24H28F3N5O3. The van der Waals surface area contributed by atoms with Gasteiger partial charge in [-0.2, -0.15) is 23.4 Å². The van der Waals surface area contributed by atoms with E-state index in [1.807, 2.05) is 24.1 Å². The van der Waals surface area contributed by atoms with Crippen molar-refractivity contribution in [1.29, 1.82) is 0 Å². The Kier molecular flexibility index (Phi) is 6.63. The van der Waals surface area contributed by atoms with E-state index in [0.29, 0.717) is 6.04 Å². The van der Waals surface area contributed by atoms with Crippen LogP contribution in [0.5, 0.6) is 5.75 Å². The van der Waals surface area contributed by atoms with Crippen LogP contribution in [0.3, 0.4) is 0 Å². The highest BCUT2D eigenvalue weighted by atomic mass is 19.4. The van der Waals surface area contributed by atoms with Gasteiger partial charge in [-0.25, -0.2) is 4.79 Å². The highest BCUT2D eigenvalue weighted by molar-refractivity contribution is 5.74. The fraction of sp³-hybridized carbons (Fsp3) is 0.458. The second-order valence-electron chi connectivity index (χ2n) is 9.14. The maximum Gasteiger partial charge on any atom is 0.490 e. The summed E-state index contributed by atoms with van der Waals surface area (Å²) in [5.41, 5.74) is 4.63. The predicted octanol–water partition coefficient (Wildman–Crippen LogP) is 4.38. The molecule has 0 unspecified atom stereocenters. The zero-order valence-corrected chi connectivity index (χ0v) is 19.8. The van der Waals surface area contributed by atoms with E-state index in [4.69, 9.17) is 19.7 Å². The Bertz CT molecular complexity index is 1190. The number of carboxylic acids is 1. The number of likely N-dealkylation sites (tertiary alicyclic amines) is 1. The normalized spacial score (nSPS) is 16.8. The molecule has 2 aromatic heterocycles. The number of aromatic nitrogens is 4. The summed E-state index contributed by atoms with van der Waals surface area (Å²) in [4.78, 5) is 11.4. The average molecular weight is 492 g/mol. The number of piperidine rings is 1. The fourth-order valence-corrected chi connectivity index (χ4v) is 4.63. The molecule has 2 aliphatic heterocycles. The summed E-state index contributed by atoms with van der Waals surface area (Å²) < 4.78 is 42.4. The molecule has 1 aromatic carbocycles. The van der Waals surface area contributed by atoms with Crippen molar-refractivity contribution in [3.05, 3.63) is 54.0 Å². The lowest BCUT2D eigenvalue weighted by Gasteiger charge is -2.44. The molecular weight excluding hydrogens is 463 g/mol. The largest absolute Gasteiger partial charge is 0.490 e. The molecule has 1 fully saturated rings. The van der Waals surface area contributed by atoms with Crippen molar-refractivity contribution in [3.8, 4) is 17.0 Å². The third-order valence-electron chi connectivity index (χ3n) is 6.29. The second-order valence-corrected chi connectivity index (χ2v) is 9.14. The molecule has 0 atom stereocenters. The van der Waals surface area contributed by atoms with Gasteiger partial charge in [0.05, 0.1) is 18.1 Å². The van der Waals surface area contributed by atoms with Gasteiger partial charge in [0.1, 0.15) is 11.4 Å². The Morgan fingerprint density at radius 2 is 1.83 bits per heavy atom. The van der Waals surface area contributed by atoms with Gasteiger partial charge in [0.15, 0.2) is 0 Å². The van der Waals surface area contributed by atoms with E-state index in [9.17, 15) is 13.2 Å². The van der Waals surface area contributed by atoms with Crippen LogP contribution in [0.15, 0.2) is 42.9 Å². The Hall–Kier alpha value is -3.34. The minimum absolute atomic E-state index is 0.276. The number of aryl methyl sites for hydroxylation is 1. The molecule has 0 radical (unpaired) electrons. The maximum atomic E-state index is 10.6. The zero-order chi connectivity index (χ0) is 25.4. The van der Waals surface area contributed by atoms with Crippen molar-refractivity contribution in [2.24, 2.45) is 7.05 Å². The van der Waals surface area contributed by atoms with Gasteiger partial charge in [-0.05, 0) is 26.0 Å². The van der Waals surface area contributed by atoms with E-state index in [1.165, 1.54) is 16.8 Å². The number of hydrogen-bond acceptors (Lipinski definition) is 5. The first kappa shape index (κ1) is 24.8. The van der Waals surface area contributed by atoms with Crippen LogP contribution in [0.2, 0.25) is 0 Å². The Morgan fingerprint density at radius 1 is 1.17 bits per heavy atom. The second kappa shape index (κ2) is 9.37.